The molecule has 1 nitrogen and oxygen atoms in total. The van der Waals surface area contributed by atoms with Crippen LogP contribution < -0.4 is 0 Å². The molecule has 0 aliphatic heterocycles. The molecule has 0 saturated heterocycles. The molecule has 0 radical (unpaired) electrons. The minimum Gasteiger partial charge on any atom is -0.361 e. The molecule has 0 aliphatic carbocycles. The molecule has 0 fully saturated rings. The van der Waals surface area contributed by atoms with Gasteiger partial charge in [0.05, 0.1) is 0 Å². The van der Waals surface area contributed by atoms with E-state index in [0.717, 1.165) is 6.42 Å². The zero-order valence-corrected chi connectivity index (χ0v) is 7.52. The Kier molecular flexibility index (Phi) is 1.65. The number of benzene rings is 1. The van der Waals surface area contributed by atoms with Crippen molar-refractivity contribution in [2.24, 2.45) is 0 Å². The topological polar surface area (TPSA) is 15.8 Å². The summed E-state index contributed by atoms with van der Waals surface area (Å²) < 4.78 is 0. The maximum absolute atomic E-state index is 3.24. The van der Waals surface area contributed by atoms with Crippen molar-refractivity contribution >= 4 is 10.9 Å². The molecular formula is C11H13N. The lowest BCUT2D eigenvalue weighted by atomic mass is 10.1. The molecule has 0 spiro atoms. The van der Waals surface area contributed by atoms with Crippen molar-refractivity contribution < 1.29 is 0 Å². The van der Waals surface area contributed by atoms with Gasteiger partial charge in [-0.1, -0.05) is 13.0 Å². The first-order chi connectivity index (χ1) is 5.81. The third kappa shape index (κ3) is 1.02. The molecule has 0 aliphatic rings. The minimum atomic E-state index is 1.11. The first kappa shape index (κ1) is 7.41. The lowest BCUT2D eigenvalue weighted by Gasteiger charge is -2.00. The van der Waals surface area contributed by atoms with Gasteiger partial charge in [-0.15, -0.1) is 0 Å². The second kappa shape index (κ2) is 2.67. The molecule has 1 heterocycles. The van der Waals surface area contributed by atoms with Crippen LogP contribution in [0.4, 0.5) is 0 Å². The SMILES string of the molecule is CCc1cc(C)c2cc[nH]c2c1. The molecule has 12 heavy (non-hydrogen) atoms. The molecule has 0 amide bonds. The summed E-state index contributed by atoms with van der Waals surface area (Å²) in [6.07, 6.45) is 3.10. The summed E-state index contributed by atoms with van der Waals surface area (Å²) in [5, 5.41) is 1.34. The number of rotatable bonds is 1. The highest BCUT2D eigenvalue weighted by Gasteiger charge is 1.99. The van der Waals surface area contributed by atoms with Gasteiger partial charge in [-0.05, 0) is 36.6 Å². The van der Waals surface area contributed by atoms with Gasteiger partial charge in [0, 0.05) is 17.1 Å². The first-order valence-electron chi connectivity index (χ1n) is 4.38. The molecule has 1 N–H and O–H groups in total. The first-order valence-corrected chi connectivity index (χ1v) is 4.38. The summed E-state index contributed by atoms with van der Waals surface area (Å²) in [6.45, 7) is 4.35. The number of aryl methyl sites for hydroxylation is 2. The van der Waals surface area contributed by atoms with E-state index in [0.29, 0.717) is 0 Å². The summed E-state index contributed by atoms with van der Waals surface area (Å²) in [5.41, 5.74) is 4.03. The van der Waals surface area contributed by atoms with E-state index in [1.54, 1.807) is 0 Å². The average Bonchev–Trinajstić information content (AvgIpc) is 2.52. The van der Waals surface area contributed by atoms with Crippen molar-refractivity contribution in [1.82, 2.24) is 4.98 Å². The Hall–Kier alpha value is -1.24. The summed E-state index contributed by atoms with van der Waals surface area (Å²) in [4.78, 5) is 3.24. The molecule has 1 aromatic carbocycles. The normalized spacial score (nSPS) is 10.8. The quantitative estimate of drug-likeness (QED) is 0.658. The summed E-state index contributed by atoms with van der Waals surface area (Å²) in [6, 6.07) is 6.61. The Balaban J connectivity index is 2.75. The number of aromatic nitrogens is 1. The molecule has 2 aromatic rings. The van der Waals surface area contributed by atoms with Gasteiger partial charge in [-0.2, -0.15) is 0 Å². The molecule has 0 bridgehead atoms. The Bertz CT molecular complexity index is 398. The number of aromatic amines is 1. The smallest absolute Gasteiger partial charge is 0.0459 e. The average molecular weight is 159 g/mol. The van der Waals surface area contributed by atoms with Crippen molar-refractivity contribution in [1.29, 1.82) is 0 Å². The van der Waals surface area contributed by atoms with Crippen LogP contribution in [0.2, 0.25) is 0 Å². The highest BCUT2D eigenvalue weighted by Crippen LogP contribution is 2.19. The highest BCUT2D eigenvalue weighted by atomic mass is 14.7. The van der Waals surface area contributed by atoms with Gasteiger partial charge in [-0.3, -0.25) is 0 Å². The van der Waals surface area contributed by atoms with Crippen LogP contribution >= 0.6 is 0 Å². The van der Waals surface area contributed by atoms with Crippen molar-refractivity contribution in [3.05, 3.63) is 35.5 Å². The van der Waals surface area contributed by atoms with Gasteiger partial charge in [-0.25, -0.2) is 0 Å². The maximum atomic E-state index is 3.24. The molecule has 0 saturated carbocycles. The van der Waals surface area contributed by atoms with Crippen LogP contribution in [0.3, 0.4) is 0 Å². The Morgan fingerprint density at radius 1 is 1.33 bits per heavy atom. The van der Waals surface area contributed by atoms with Crippen LogP contribution in [0.15, 0.2) is 24.4 Å². The van der Waals surface area contributed by atoms with Crippen LogP contribution in [-0.2, 0) is 6.42 Å². The standard InChI is InChI=1S/C11H13N/c1-3-9-6-8(2)10-4-5-12-11(10)7-9/h4-7,12H,3H2,1-2H3. The summed E-state index contributed by atoms with van der Waals surface area (Å²) in [5.74, 6) is 0. The van der Waals surface area contributed by atoms with E-state index >= 15 is 0 Å². The van der Waals surface area contributed by atoms with Crippen molar-refractivity contribution in [2.45, 2.75) is 20.3 Å². The third-order valence-electron chi connectivity index (χ3n) is 2.34. The maximum Gasteiger partial charge on any atom is 0.0459 e. The van der Waals surface area contributed by atoms with Gasteiger partial charge >= 0.3 is 0 Å². The van der Waals surface area contributed by atoms with Crippen LogP contribution in [0, 0.1) is 6.92 Å². The van der Waals surface area contributed by atoms with Gasteiger partial charge in [0.1, 0.15) is 0 Å². The molecule has 0 atom stereocenters. The van der Waals surface area contributed by atoms with Gasteiger partial charge < -0.3 is 4.98 Å². The van der Waals surface area contributed by atoms with E-state index in [1.165, 1.54) is 22.0 Å². The minimum absolute atomic E-state index is 1.11. The van der Waals surface area contributed by atoms with Gasteiger partial charge in [0.2, 0.25) is 0 Å². The van der Waals surface area contributed by atoms with E-state index < -0.39 is 0 Å². The number of hydrogen-bond acceptors (Lipinski definition) is 0. The Morgan fingerprint density at radius 2 is 2.17 bits per heavy atom. The van der Waals surface area contributed by atoms with Gasteiger partial charge in [0.15, 0.2) is 0 Å². The number of fused-ring (bicyclic) bond motifs is 1. The van der Waals surface area contributed by atoms with Crippen LogP contribution in [0.5, 0.6) is 0 Å². The number of hydrogen-bond donors (Lipinski definition) is 1. The highest BCUT2D eigenvalue weighted by molar-refractivity contribution is 5.83. The van der Waals surface area contributed by atoms with E-state index in [-0.39, 0.29) is 0 Å². The second-order valence-electron chi connectivity index (χ2n) is 3.21. The zero-order valence-electron chi connectivity index (χ0n) is 7.52. The fraction of sp³-hybridized carbons (Fsp3) is 0.273. The Labute approximate surface area is 72.4 Å². The largest absolute Gasteiger partial charge is 0.361 e. The Morgan fingerprint density at radius 3 is 2.92 bits per heavy atom. The van der Waals surface area contributed by atoms with E-state index in [1.807, 2.05) is 6.20 Å². The predicted molar refractivity (Wildman–Crippen MR) is 52.4 cm³/mol. The molecule has 0 unspecified atom stereocenters. The van der Waals surface area contributed by atoms with E-state index in [4.69, 9.17) is 0 Å². The molecule has 1 aromatic heterocycles. The monoisotopic (exact) mass is 159 g/mol. The van der Waals surface area contributed by atoms with Crippen molar-refractivity contribution in [2.75, 3.05) is 0 Å². The molecule has 2 rings (SSSR count). The number of H-pyrrole nitrogens is 1. The molecular weight excluding hydrogens is 146 g/mol. The van der Waals surface area contributed by atoms with E-state index in [2.05, 4.69) is 37.0 Å². The fourth-order valence-corrected chi connectivity index (χ4v) is 1.63. The van der Waals surface area contributed by atoms with Crippen LogP contribution in [0.25, 0.3) is 10.9 Å². The summed E-state index contributed by atoms with van der Waals surface area (Å²) >= 11 is 0. The van der Waals surface area contributed by atoms with Gasteiger partial charge in [0.25, 0.3) is 0 Å². The van der Waals surface area contributed by atoms with Crippen LogP contribution in [-0.4, -0.2) is 4.98 Å². The molecule has 62 valence electrons. The lowest BCUT2D eigenvalue weighted by molar-refractivity contribution is 1.14. The zero-order chi connectivity index (χ0) is 8.55. The number of nitrogens with one attached hydrogen (secondary N) is 1. The van der Waals surface area contributed by atoms with Crippen molar-refractivity contribution in [3.63, 3.8) is 0 Å². The van der Waals surface area contributed by atoms with E-state index in [9.17, 15) is 0 Å². The summed E-state index contributed by atoms with van der Waals surface area (Å²) in [7, 11) is 0. The lowest BCUT2D eigenvalue weighted by Crippen LogP contribution is -1.82. The molecule has 1 heteroatoms. The third-order valence-corrected chi connectivity index (χ3v) is 2.34. The fourth-order valence-electron chi connectivity index (χ4n) is 1.63. The van der Waals surface area contributed by atoms with Crippen LogP contribution in [0.1, 0.15) is 18.1 Å². The second-order valence-corrected chi connectivity index (χ2v) is 3.21. The predicted octanol–water partition coefficient (Wildman–Crippen LogP) is 3.04. The van der Waals surface area contributed by atoms with Crippen molar-refractivity contribution in [3.8, 4) is 0 Å².